The van der Waals surface area contributed by atoms with E-state index in [1.165, 1.54) is 12.8 Å². The Labute approximate surface area is 125 Å². The molecule has 1 aromatic heterocycles. The molecule has 1 saturated carbocycles. The van der Waals surface area contributed by atoms with Gasteiger partial charge in [-0.2, -0.15) is 0 Å². The monoisotopic (exact) mass is 289 g/mol. The molecule has 114 valence electrons. The molecule has 1 aromatic rings. The topological polar surface area (TPSA) is 54.5 Å². The second kappa shape index (κ2) is 6.43. The fourth-order valence-electron chi connectivity index (χ4n) is 2.97. The highest BCUT2D eigenvalue weighted by atomic mass is 16.5. The molecule has 1 N–H and O–H groups in total. The van der Waals surface area contributed by atoms with Crippen molar-refractivity contribution in [2.45, 2.75) is 44.2 Å². The molecule has 2 aliphatic rings. The Kier molecular flexibility index (Phi) is 4.39. The van der Waals surface area contributed by atoms with Gasteiger partial charge in [0.05, 0.1) is 7.11 Å². The van der Waals surface area contributed by atoms with Gasteiger partial charge in [-0.25, -0.2) is 4.98 Å². The summed E-state index contributed by atoms with van der Waals surface area (Å²) in [6.07, 6.45) is 7.52. The van der Waals surface area contributed by atoms with Crippen molar-refractivity contribution < 1.29 is 9.53 Å². The number of pyridine rings is 1. The predicted molar refractivity (Wildman–Crippen MR) is 80.5 cm³/mol. The van der Waals surface area contributed by atoms with Gasteiger partial charge in [0.2, 0.25) is 5.88 Å². The van der Waals surface area contributed by atoms with Crippen molar-refractivity contribution in [3.8, 4) is 5.88 Å². The SMILES string of the molecule is COc1ncccc1C(=O)N(CC1CCCCN1)C1CC1. The maximum Gasteiger partial charge on any atom is 0.259 e. The first-order valence-corrected chi connectivity index (χ1v) is 7.83. The number of methoxy groups -OCH3 is 1. The lowest BCUT2D eigenvalue weighted by Gasteiger charge is -2.31. The second-order valence-electron chi connectivity index (χ2n) is 5.90. The average Bonchev–Trinajstić information content (AvgIpc) is 3.37. The van der Waals surface area contributed by atoms with E-state index in [2.05, 4.69) is 10.3 Å². The van der Waals surface area contributed by atoms with Gasteiger partial charge in [0.1, 0.15) is 5.56 Å². The highest BCUT2D eigenvalue weighted by Gasteiger charge is 2.35. The summed E-state index contributed by atoms with van der Waals surface area (Å²) in [6, 6.07) is 4.41. The first kappa shape index (κ1) is 14.3. The van der Waals surface area contributed by atoms with Crippen LogP contribution in [0.1, 0.15) is 42.5 Å². The smallest absolute Gasteiger partial charge is 0.259 e. The normalized spacial score (nSPS) is 21.9. The molecular weight excluding hydrogens is 266 g/mol. The van der Waals surface area contributed by atoms with Crippen LogP contribution in [0, 0.1) is 0 Å². The number of nitrogens with one attached hydrogen (secondary N) is 1. The largest absolute Gasteiger partial charge is 0.480 e. The molecule has 0 radical (unpaired) electrons. The molecule has 1 aliphatic heterocycles. The predicted octanol–water partition coefficient (Wildman–Crippen LogP) is 1.84. The molecule has 5 nitrogen and oxygen atoms in total. The number of rotatable bonds is 5. The molecule has 2 heterocycles. The summed E-state index contributed by atoms with van der Waals surface area (Å²) >= 11 is 0. The number of hydrogen-bond donors (Lipinski definition) is 1. The highest BCUT2D eigenvalue weighted by Crippen LogP contribution is 2.30. The van der Waals surface area contributed by atoms with Crippen molar-refractivity contribution in [3.05, 3.63) is 23.9 Å². The van der Waals surface area contributed by atoms with Crippen LogP contribution in [0.4, 0.5) is 0 Å². The van der Waals surface area contributed by atoms with Gasteiger partial charge < -0.3 is 15.0 Å². The molecule has 3 rings (SSSR count). The number of carbonyl (C=O) groups is 1. The lowest BCUT2D eigenvalue weighted by atomic mass is 10.0. The summed E-state index contributed by atoms with van der Waals surface area (Å²) < 4.78 is 5.23. The third-order valence-corrected chi connectivity index (χ3v) is 4.27. The number of ether oxygens (including phenoxy) is 1. The van der Waals surface area contributed by atoms with Crippen molar-refractivity contribution >= 4 is 5.91 Å². The second-order valence-corrected chi connectivity index (χ2v) is 5.90. The van der Waals surface area contributed by atoms with E-state index < -0.39 is 0 Å². The molecule has 1 unspecified atom stereocenters. The van der Waals surface area contributed by atoms with Crippen LogP contribution in [-0.2, 0) is 0 Å². The van der Waals surface area contributed by atoms with Crippen LogP contribution in [0.25, 0.3) is 0 Å². The van der Waals surface area contributed by atoms with Crippen molar-refractivity contribution in [1.29, 1.82) is 0 Å². The van der Waals surface area contributed by atoms with E-state index in [-0.39, 0.29) is 5.91 Å². The van der Waals surface area contributed by atoms with Gasteiger partial charge >= 0.3 is 0 Å². The Morgan fingerprint density at radius 1 is 1.43 bits per heavy atom. The van der Waals surface area contributed by atoms with Crippen LogP contribution < -0.4 is 10.1 Å². The molecule has 1 saturated heterocycles. The lowest BCUT2D eigenvalue weighted by molar-refractivity contribution is 0.0713. The number of amides is 1. The van der Waals surface area contributed by atoms with E-state index >= 15 is 0 Å². The minimum Gasteiger partial charge on any atom is -0.480 e. The number of nitrogens with zero attached hydrogens (tertiary/aromatic N) is 2. The summed E-state index contributed by atoms with van der Waals surface area (Å²) in [6.45, 7) is 1.86. The van der Waals surface area contributed by atoms with E-state index in [1.54, 1.807) is 25.4 Å². The number of aromatic nitrogens is 1. The Hall–Kier alpha value is -1.62. The van der Waals surface area contributed by atoms with Gasteiger partial charge in [-0.05, 0) is 44.4 Å². The maximum atomic E-state index is 12.9. The first-order valence-electron chi connectivity index (χ1n) is 7.83. The van der Waals surface area contributed by atoms with Crippen LogP contribution in [0.5, 0.6) is 5.88 Å². The van der Waals surface area contributed by atoms with Crippen LogP contribution in [0.15, 0.2) is 18.3 Å². The standard InChI is InChI=1S/C16H23N3O2/c1-21-15-14(6-4-10-18-15)16(20)19(13-7-8-13)11-12-5-2-3-9-17-12/h4,6,10,12-13,17H,2-3,5,7-9,11H2,1H3. The van der Waals surface area contributed by atoms with Gasteiger partial charge in [0.25, 0.3) is 5.91 Å². The minimum absolute atomic E-state index is 0.0508. The molecule has 0 aromatic carbocycles. The summed E-state index contributed by atoms with van der Waals surface area (Å²) in [5.41, 5.74) is 0.572. The van der Waals surface area contributed by atoms with Crippen LogP contribution >= 0.6 is 0 Å². The van der Waals surface area contributed by atoms with Gasteiger partial charge in [-0.3, -0.25) is 4.79 Å². The zero-order valence-corrected chi connectivity index (χ0v) is 12.5. The summed E-state index contributed by atoms with van der Waals surface area (Å²) in [5, 5.41) is 3.53. The molecule has 1 aliphatic carbocycles. The maximum absolute atomic E-state index is 12.9. The molecule has 1 amide bonds. The minimum atomic E-state index is 0.0508. The van der Waals surface area contributed by atoms with E-state index in [9.17, 15) is 4.79 Å². The van der Waals surface area contributed by atoms with E-state index in [0.717, 1.165) is 32.4 Å². The van der Waals surface area contributed by atoms with Crippen LogP contribution in [0.3, 0.4) is 0 Å². The van der Waals surface area contributed by atoms with Crippen molar-refractivity contribution in [2.24, 2.45) is 0 Å². The van der Waals surface area contributed by atoms with Crippen LogP contribution in [0.2, 0.25) is 0 Å². The van der Waals surface area contributed by atoms with Gasteiger partial charge in [-0.15, -0.1) is 0 Å². The van der Waals surface area contributed by atoms with E-state index in [1.807, 2.05) is 4.90 Å². The van der Waals surface area contributed by atoms with E-state index in [0.29, 0.717) is 23.5 Å². The summed E-state index contributed by atoms with van der Waals surface area (Å²) in [4.78, 5) is 19.0. The van der Waals surface area contributed by atoms with Gasteiger partial charge in [0, 0.05) is 24.8 Å². The van der Waals surface area contributed by atoms with E-state index in [4.69, 9.17) is 4.74 Å². The van der Waals surface area contributed by atoms with Crippen molar-refractivity contribution in [3.63, 3.8) is 0 Å². The highest BCUT2D eigenvalue weighted by molar-refractivity contribution is 5.96. The quantitative estimate of drug-likeness (QED) is 0.898. The Bertz CT molecular complexity index is 496. The fourth-order valence-corrected chi connectivity index (χ4v) is 2.97. The molecule has 5 heteroatoms. The third kappa shape index (κ3) is 3.35. The Morgan fingerprint density at radius 2 is 2.29 bits per heavy atom. The zero-order valence-electron chi connectivity index (χ0n) is 12.5. The molecular formula is C16H23N3O2. The average molecular weight is 289 g/mol. The number of piperidine rings is 1. The molecule has 21 heavy (non-hydrogen) atoms. The van der Waals surface area contributed by atoms with Crippen molar-refractivity contribution in [2.75, 3.05) is 20.2 Å². The number of hydrogen-bond acceptors (Lipinski definition) is 4. The molecule has 1 atom stereocenters. The molecule has 2 fully saturated rings. The fraction of sp³-hybridized carbons (Fsp3) is 0.625. The lowest BCUT2D eigenvalue weighted by Crippen LogP contribution is -2.46. The zero-order chi connectivity index (χ0) is 14.7. The third-order valence-electron chi connectivity index (χ3n) is 4.27. The summed E-state index contributed by atoms with van der Waals surface area (Å²) in [7, 11) is 1.56. The van der Waals surface area contributed by atoms with Gasteiger partial charge in [-0.1, -0.05) is 6.42 Å². The van der Waals surface area contributed by atoms with Gasteiger partial charge in [0.15, 0.2) is 0 Å². The van der Waals surface area contributed by atoms with Crippen LogP contribution in [-0.4, -0.2) is 48.1 Å². The number of carbonyl (C=O) groups excluding carboxylic acids is 1. The summed E-state index contributed by atoms with van der Waals surface area (Å²) in [5.74, 6) is 0.472. The van der Waals surface area contributed by atoms with Crippen molar-refractivity contribution in [1.82, 2.24) is 15.2 Å². The Balaban J connectivity index is 1.75. The molecule has 0 spiro atoms. The Morgan fingerprint density at radius 3 is 2.95 bits per heavy atom. The molecule has 0 bridgehead atoms. The first-order chi connectivity index (χ1) is 10.3.